The van der Waals surface area contributed by atoms with Gasteiger partial charge in [-0.05, 0) is 47.3 Å². The van der Waals surface area contributed by atoms with E-state index in [9.17, 15) is 22.8 Å². The van der Waals surface area contributed by atoms with E-state index in [0.29, 0.717) is 29.6 Å². The number of nitrogens with one attached hydrogen (secondary N) is 2. The van der Waals surface area contributed by atoms with Crippen LogP contribution in [0.5, 0.6) is 0 Å². The number of amides is 2. The Morgan fingerprint density at radius 1 is 0.892 bits per heavy atom. The quantitative estimate of drug-likeness (QED) is 0.400. The average Bonchev–Trinajstić information content (AvgIpc) is 3.46. The van der Waals surface area contributed by atoms with Crippen molar-refractivity contribution >= 4 is 32.7 Å². The molecule has 11 heteroatoms. The molecule has 2 aromatic carbocycles. The van der Waals surface area contributed by atoms with Crippen LogP contribution < -0.4 is 10.3 Å². The first-order chi connectivity index (χ1) is 17.8. The van der Waals surface area contributed by atoms with Gasteiger partial charge in [0.2, 0.25) is 21.5 Å². The summed E-state index contributed by atoms with van der Waals surface area (Å²) in [4.78, 5) is 43.5. The first-order valence-electron chi connectivity index (χ1n) is 11.6. The molecule has 2 amide bonds. The van der Waals surface area contributed by atoms with Gasteiger partial charge >= 0.3 is 0 Å². The highest BCUT2D eigenvalue weighted by atomic mass is 32.2. The summed E-state index contributed by atoms with van der Waals surface area (Å²) in [5, 5.41) is 0.544. The van der Waals surface area contributed by atoms with Crippen LogP contribution in [0.3, 0.4) is 0 Å². The molecule has 0 radical (unpaired) electrons. The van der Waals surface area contributed by atoms with Crippen LogP contribution in [0.2, 0.25) is 0 Å². The molecule has 1 atom stereocenters. The largest absolute Gasteiger partial charge is 0.459 e. The van der Waals surface area contributed by atoms with Crippen LogP contribution >= 0.6 is 0 Å². The highest BCUT2D eigenvalue weighted by molar-refractivity contribution is 7.89. The summed E-state index contributed by atoms with van der Waals surface area (Å²) >= 11 is 0. The van der Waals surface area contributed by atoms with Gasteiger partial charge in [-0.15, -0.1) is 0 Å². The minimum absolute atomic E-state index is 0.0327. The number of pyridine rings is 1. The normalized spacial score (nSPS) is 15.0. The number of carbonyl (C=O) groups excluding carboxylic acids is 2. The lowest BCUT2D eigenvalue weighted by Gasteiger charge is -2.36. The number of fused-ring (bicyclic) bond motifs is 1. The molecular weight excluding hydrogens is 496 g/mol. The second-order valence-electron chi connectivity index (χ2n) is 8.63. The number of hydrogen-bond donors (Lipinski definition) is 2. The summed E-state index contributed by atoms with van der Waals surface area (Å²) in [6.07, 6.45) is 1.43. The zero-order valence-corrected chi connectivity index (χ0v) is 20.5. The van der Waals surface area contributed by atoms with E-state index in [4.69, 9.17) is 4.42 Å². The topological polar surface area (TPSA) is 133 Å². The van der Waals surface area contributed by atoms with E-state index in [1.54, 1.807) is 52.3 Å². The van der Waals surface area contributed by atoms with Crippen LogP contribution in [0.1, 0.15) is 22.2 Å². The Labute approximate surface area is 212 Å². The first kappa shape index (κ1) is 24.5. The van der Waals surface area contributed by atoms with E-state index >= 15 is 0 Å². The second-order valence-corrected chi connectivity index (χ2v) is 10.3. The van der Waals surface area contributed by atoms with Gasteiger partial charge in [0, 0.05) is 37.8 Å². The fourth-order valence-electron chi connectivity index (χ4n) is 4.30. The highest BCUT2D eigenvalue weighted by Crippen LogP contribution is 2.23. The van der Waals surface area contributed by atoms with Gasteiger partial charge in [0.15, 0.2) is 5.76 Å². The molecular formula is C26H24N4O6S. The SMILES string of the molecule is O=C(c1ccco1)N1CCN(C(=O)C(NS(=O)(=O)c2ccc3[nH]c(=O)ccc3c2)c2ccccc2)CC1. The van der Waals surface area contributed by atoms with E-state index < -0.39 is 22.0 Å². The molecule has 0 saturated carbocycles. The molecule has 10 nitrogen and oxygen atoms in total. The minimum atomic E-state index is -4.11. The minimum Gasteiger partial charge on any atom is -0.459 e. The predicted octanol–water partition coefficient (Wildman–Crippen LogP) is 2.13. The van der Waals surface area contributed by atoms with Crippen molar-refractivity contribution in [2.24, 2.45) is 0 Å². The van der Waals surface area contributed by atoms with E-state index in [0.717, 1.165) is 0 Å². The molecule has 1 fully saturated rings. The Morgan fingerprint density at radius 2 is 1.62 bits per heavy atom. The lowest BCUT2D eigenvalue weighted by molar-refractivity contribution is -0.134. The van der Waals surface area contributed by atoms with Crippen LogP contribution in [-0.4, -0.2) is 61.2 Å². The predicted molar refractivity (Wildman–Crippen MR) is 135 cm³/mol. The fourth-order valence-corrected chi connectivity index (χ4v) is 5.51. The molecule has 1 saturated heterocycles. The summed E-state index contributed by atoms with van der Waals surface area (Å²) in [5.41, 5.74) is 0.710. The molecule has 3 heterocycles. The maximum atomic E-state index is 13.6. The van der Waals surface area contributed by atoms with Crippen molar-refractivity contribution in [2.75, 3.05) is 26.2 Å². The smallest absolute Gasteiger partial charge is 0.289 e. The van der Waals surface area contributed by atoms with Gasteiger partial charge in [-0.3, -0.25) is 14.4 Å². The van der Waals surface area contributed by atoms with Crippen molar-refractivity contribution in [1.82, 2.24) is 19.5 Å². The summed E-state index contributed by atoms with van der Waals surface area (Å²) in [6, 6.07) is 17.9. The van der Waals surface area contributed by atoms with Gasteiger partial charge in [-0.1, -0.05) is 30.3 Å². The number of sulfonamides is 1. The molecule has 2 aromatic heterocycles. The summed E-state index contributed by atoms with van der Waals surface area (Å²) < 4.78 is 34.5. The van der Waals surface area contributed by atoms with Crippen molar-refractivity contribution < 1.29 is 22.4 Å². The molecule has 0 aliphatic carbocycles. The van der Waals surface area contributed by atoms with Crippen molar-refractivity contribution in [3.63, 3.8) is 0 Å². The summed E-state index contributed by atoms with van der Waals surface area (Å²) in [6.45, 7) is 1.09. The third-order valence-corrected chi connectivity index (χ3v) is 7.69. The van der Waals surface area contributed by atoms with Gasteiger partial charge in [0.05, 0.1) is 11.2 Å². The van der Waals surface area contributed by atoms with E-state index in [1.165, 1.54) is 36.6 Å². The molecule has 1 unspecified atom stereocenters. The van der Waals surface area contributed by atoms with Crippen LogP contribution in [0.4, 0.5) is 0 Å². The van der Waals surface area contributed by atoms with Crippen LogP contribution in [0, 0.1) is 0 Å². The number of aromatic amines is 1. The number of H-pyrrole nitrogens is 1. The van der Waals surface area contributed by atoms with E-state index in [-0.39, 0.29) is 35.2 Å². The summed E-state index contributed by atoms with van der Waals surface area (Å²) in [7, 11) is -4.11. The van der Waals surface area contributed by atoms with Gasteiger partial charge < -0.3 is 19.2 Å². The molecule has 190 valence electrons. The fraction of sp³-hybridized carbons (Fsp3) is 0.192. The second kappa shape index (κ2) is 10.0. The maximum Gasteiger partial charge on any atom is 0.289 e. The van der Waals surface area contributed by atoms with Crippen LogP contribution in [0.15, 0.2) is 93.2 Å². The number of aromatic nitrogens is 1. The zero-order chi connectivity index (χ0) is 26.0. The Morgan fingerprint density at radius 3 is 2.32 bits per heavy atom. The Kier molecular flexibility index (Phi) is 6.64. The molecule has 1 aliphatic heterocycles. The molecule has 37 heavy (non-hydrogen) atoms. The molecule has 2 N–H and O–H groups in total. The zero-order valence-electron chi connectivity index (χ0n) is 19.7. The van der Waals surface area contributed by atoms with Crippen LogP contribution in [-0.2, 0) is 14.8 Å². The highest BCUT2D eigenvalue weighted by Gasteiger charge is 2.33. The monoisotopic (exact) mass is 520 g/mol. The van der Waals surface area contributed by atoms with Gasteiger partial charge in [-0.25, -0.2) is 8.42 Å². The Balaban J connectivity index is 1.37. The molecule has 5 rings (SSSR count). The molecule has 0 spiro atoms. The van der Waals surface area contributed by atoms with E-state index in [1.807, 2.05) is 0 Å². The Hall–Kier alpha value is -4.22. The van der Waals surface area contributed by atoms with E-state index in [2.05, 4.69) is 9.71 Å². The molecule has 4 aromatic rings. The average molecular weight is 521 g/mol. The van der Waals surface area contributed by atoms with Gasteiger partial charge in [0.1, 0.15) is 6.04 Å². The lowest BCUT2D eigenvalue weighted by atomic mass is 10.1. The van der Waals surface area contributed by atoms with Crippen molar-refractivity contribution in [3.8, 4) is 0 Å². The third kappa shape index (κ3) is 5.18. The number of hydrogen-bond acceptors (Lipinski definition) is 6. The maximum absolute atomic E-state index is 13.6. The number of rotatable bonds is 6. The number of nitrogens with zero attached hydrogens (tertiary/aromatic N) is 2. The van der Waals surface area contributed by atoms with Crippen LogP contribution in [0.25, 0.3) is 10.9 Å². The van der Waals surface area contributed by atoms with Crippen molar-refractivity contribution in [1.29, 1.82) is 0 Å². The number of benzene rings is 2. The molecule has 0 bridgehead atoms. The van der Waals surface area contributed by atoms with Crippen molar-refractivity contribution in [3.05, 3.63) is 101 Å². The van der Waals surface area contributed by atoms with Gasteiger partial charge in [0.25, 0.3) is 5.91 Å². The number of piperazine rings is 1. The number of carbonyl (C=O) groups is 2. The van der Waals surface area contributed by atoms with Gasteiger partial charge in [-0.2, -0.15) is 4.72 Å². The summed E-state index contributed by atoms with van der Waals surface area (Å²) in [5.74, 6) is -0.436. The first-order valence-corrected chi connectivity index (χ1v) is 13.1. The Bertz CT molecular complexity index is 1590. The third-order valence-electron chi connectivity index (χ3n) is 6.27. The standard InChI is InChI=1S/C26H24N4O6S/c31-23-11-8-19-17-20(9-10-21(19)27-23)37(34,35)28-24(18-5-2-1-3-6-18)26(33)30-14-12-29(13-15-30)25(32)22-7-4-16-36-22/h1-11,16-17,24,28H,12-15H2,(H,27,31). The number of furan rings is 1. The van der Waals surface area contributed by atoms with Crippen molar-refractivity contribution in [2.45, 2.75) is 10.9 Å². The molecule has 1 aliphatic rings. The lowest BCUT2D eigenvalue weighted by Crippen LogP contribution is -2.53.